The van der Waals surface area contributed by atoms with E-state index in [-0.39, 0.29) is 11.7 Å². The van der Waals surface area contributed by atoms with Crippen LogP contribution in [0.1, 0.15) is 28.4 Å². The second kappa shape index (κ2) is 7.27. The summed E-state index contributed by atoms with van der Waals surface area (Å²) in [5.41, 5.74) is 3.78. The lowest BCUT2D eigenvalue weighted by Crippen LogP contribution is -2.07. The van der Waals surface area contributed by atoms with Crippen LogP contribution in [0.5, 0.6) is 0 Å². The Hall–Kier alpha value is -2.07. The first-order valence-corrected chi connectivity index (χ1v) is 8.05. The van der Waals surface area contributed by atoms with Gasteiger partial charge in [0, 0.05) is 23.1 Å². The molecule has 0 fully saturated rings. The van der Waals surface area contributed by atoms with E-state index in [1.54, 1.807) is 36.0 Å². The Bertz CT molecular complexity index is 693. The number of nitrogens with one attached hydrogen (secondary N) is 1. The molecular formula is C18H19NO2S. The zero-order valence-electron chi connectivity index (χ0n) is 13.0. The van der Waals surface area contributed by atoms with E-state index in [2.05, 4.69) is 37.4 Å². The van der Waals surface area contributed by atoms with Crippen LogP contribution in [0.4, 0.5) is 5.69 Å². The second-order valence-corrected chi connectivity index (χ2v) is 6.26. The number of carbonyl (C=O) groups excluding carboxylic acids is 2. The number of hydrogen-bond donors (Lipinski definition) is 1. The predicted molar refractivity (Wildman–Crippen MR) is 91.7 cm³/mol. The van der Waals surface area contributed by atoms with Gasteiger partial charge in [0.15, 0.2) is 5.78 Å². The minimum Gasteiger partial charge on any atom is -0.326 e. The smallest absolute Gasteiger partial charge is 0.221 e. The van der Waals surface area contributed by atoms with Gasteiger partial charge in [-0.1, -0.05) is 17.7 Å². The van der Waals surface area contributed by atoms with Gasteiger partial charge in [-0.2, -0.15) is 0 Å². The predicted octanol–water partition coefficient (Wildman–Crippen LogP) is 4.24. The van der Waals surface area contributed by atoms with Gasteiger partial charge in [-0.25, -0.2) is 0 Å². The molecule has 22 heavy (non-hydrogen) atoms. The lowest BCUT2D eigenvalue weighted by atomic mass is 10.1. The van der Waals surface area contributed by atoms with Gasteiger partial charge in [0.1, 0.15) is 0 Å². The fourth-order valence-electron chi connectivity index (χ4n) is 2.13. The average Bonchev–Trinajstić information content (AvgIpc) is 2.46. The molecule has 2 aromatic carbocycles. The lowest BCUT2D eigenvalue weighted by molar-refractivity contribution is -0.114. The van der Waals surface area contributed by atoms with Crippen LogP contribution in [-0.2, 0) is 4.79 Å². The van der Waals surface area contributed by atoms with Crippen LogP contribution in [0.15, 0.2) is 47.4 Å². The maximum atomic E-state index is 12.2. The van der Waals surface area contributed by atoms with Gasteiger partial charge in [0.2, 0.25) is 5.91 Å². The minimum absolute atomic E-state index is 0.0827. The molecule has 2 rings (SSSR count). The molecular weight excluding hydrogens is 294 g/mol. The quantitative estimate of drug-likeness (QED) is 0.663. The molecule has 0 atom stereocenters. The molecule has 0 heterocycles. The van der Waals surface area contributed by atoms with Crippen LogP contribution in [0, 0.1) is 13.8 Å². The van der Waals surface area contributed by atoms with Gasteiger partial charge in [-0.05, 0) is 49.7 Å². The average molecular weight is 313 g/mol. The van der Waals surface area contributed by atoms with Crippen LogP contribution in [0.3, 0.4) is 0 Å². The number of benzene rings is 2. The van der Waals surface area contributed by atoms with Crippen LogP contribution >= 0.6 is 11.8 Å². The summed E-state index contributed by atoms with van der Waals surface area (Å²) < 4.78 is 0. The van der Waals surface area contributed by atoms with Crippen molar-refractivity contribution in [2.45, 2.75) is 25.7 Å². The summed E-state index contributed by atoms with van der Waals surface area (Å²) >= 11 is 1.55. The van der Waals surface area contributed by atoms with Gasteiger partial charge in [0.25, 0.3) is 0 Å². The van der Waals surface area contributed by atoms with Crippen molar-refractivity contribution in [1.29, 1.82) is 0 Å². The Morgan fingerprint density at radius 2 is 1.73 bits per heavy atom. The maximum Gasteiger partial charge on any atom is 0.221 e. The third-order valence-electron chi connectivity index (χ3n) is 3.22. The normalized spacial score (nSPS) is 10.3. The van der Waals surface area contributed by atoms with E-state index in [9.17, 15) is 9.59 Å². The van der Waals surface area contributed by atoms with Crippen molar-refractivity contribution >= 4 is 29.1 Å². The number of Topliss-reactive ketones (excluding diaryl/α,β-unsaturated/α-hetero) is 1. The first-order valence-electron chi connectivity index (χ1n) is 7.06. The van der Waals surface area contributed by atoms with Crippen molar-refractivity contribution < 1.29 is 9.59 Å². The van der Waals surface area contributed by atoms with Crippen molar-refractivity contribution in [3.8, 4) is 0 Å². The van der Waals surface area contributed by atoms with Crippen molar-refractivity contribution in [2.75, 3.05) is 11.1 Å². The zero-order valence-corrected chi connectivity index (χ0v) is 13.8. The van der Waals surface area contributed by atoms with Crippen molar-refractivity contribution in [3.05, 3.63) is 59.2 Å². The van der Waals surface area contributed by atoms with E-state index < -0.39 is 0 Å². The highest BCUT2D eigenvalue weighted by Crippen LogP contribution is 2.24. The SMILES string of the molecule is CC(=O)Nc1ccc(C(=O)CSc2ccc(C)cc2C)cc1. The molecule has 0 bridgehead atoms. The maximum absolute atomic E-state index is 12.2. The number of aryl methyl sites for hydroxylation is 2. The Morgan fingerprint density at radius 3 is 2.32 bits per heavy atom. The Balaban J connectivity index is 1.98. The molecule has 0 unspecified atom stereocenters. The van der Waals surface area contributed by atoms with E-state index in [1.165, 1.54) is 18.1 Å². The fourth-order valence-corrected chi connectivity index (χ4v) is 3.03. The van der Waals surface area contributed by atoms with E-state index in [1.807, 2.05) is 0 Å². The standard InChI is InChI=1S/C18H19NO2S/c1-12-4-9-18(13(2)10-12)22-11-17(21)15-5-7-16(8-6-15)19-14(3)20/h4-10H,11H2,1-3H3,(H,19,20). The van der Waals surface area contributed by atoms with Crippen LogP contribution < -0.4 is 5.32 Å². The van der Waals surface area contributed by atoms with E-state index in [4.69, 9.17) is 0 Å². The molecule has 0 spiro atoms. The number of thioether (sulfide) groups is 1. The molecule has 2 aromatic rings. The van der Waals surface area contributed by atoms with Crippen molar-refractivity contribution in [3.63, 3.8) is 0 Å². The first-order chi connectivity index (χ1) is 10.5. The first kappa shape index (κ1) is 16.3. The molecule has 0 radical (unpaired) electrons. The van der Waals surface area contributed by atoms with Crippen molar-refractivity contribution in [1.82, 2.24) is 0 Å². The molecule has 114 valence electrons. The van der Waals surface area contributed by atoms with Gasteiger partial charge in [0.05, 0.1) is 5.75 Å². The highest BCUT2D eigenvalue weighted by atomic mass is 32.2. The molecule has 4 heteroatoms. The molecule has 0 saturated heterocycles. The second-order valence-electron chi connectivity index (χ2n) is 5.24. The van der Waals surface area contributed by atoms with Crippen LogP contribution in [0.25, 0.3) is 0 Å². The largest absolute Gasteiger partial charge is 0.326 e. The lowest BCUT2D eigenvalue weighted by Gasteiger charge is -2.07. The zero-order chi connectivity index (χ0) is 16.1. The third-order valence-corrected chi connectivity index (χ3v) is 4.39. The summed E-state index contributed by atoms with van der Waals surface area (Å²) in [5, 5.41) is 2.69. The monoisotopic (exact) mass is 313 g/mol. The van der Waals surface area contributed by atoms with Gasteiger partial charge in [-0.3, -0.25) is 9.59 Å². The molecule has 0 aliphatic carbocycles. The minimum atomic E-state index is -0.121. The molecule has 1 N–H and O–H groups in total. The number of hydrogen-bond acceptors (Lipinski definition) is 3. The van der Waals surface area contributed by atoms with Crippen molar-refractivity contribution in [2.24, 2.45) is 0 Å². The molecule has 3 nitrogen and oxygen atoms in total. The molecule has 0 aliphatic heterocycles. The molecule has 0 saturated carbocycles. The van der Waals surface area contributed by atoms with Gasteiger partial charge < -0.3 is 5.32 Å². The van der Waals surface area contributed by atoms with Gasteiger partial charge >= 0.3 is 0 Å². The summed E-state index contributed by atoms with van der Waals surface area (Å²) in [4.78, 5) is 24.3. The summed E-state index contributed by atoms with van der Waals surface area (Å²) in [7, 11) is 0. The molecule has 0 aromatic heterocycles. The highest BCUT2D eigenvalue weighted by Gasteiger charge is 2.08. The number of amides is 1. The Morgan fingerprint density at radius 1 is 1.05 bits per heavy atom. The number of ketones is 1. The topological polar surface area (TPSA) is 46.2 Å². The van der Waals surface area contributed by atoms with E-state index >= 15 is 0 Å². The summed E-state index contributed by atoms with van der Waals surface area (Å²) in [5.74, 6) is 0.368. The summed E-state index contributed by atoms with van der Waals surface area (Å²) in [6, 6.07) is 13.2. The molecule has 0 aliphatic rings. The number of anilines is 1. The highest BCUT2D eigenvalue weighted by molar-refractivity contribution is 8.00. The summed E-state index contributed by atoms with van der Waals surface area (Å²) in [6.45, 7) is 5.57. The third kappa shape index (κ3) is 4.46. The van der Waals surface area contributed by atoms with Crippen LogP contribution in [0.2, 0.25) is 0 Å². The van der Waals surface area contributed by atoms with E-state index in [0.717, 1.165) is 4.90 Å². The number of carbonyl (C=O) groups is 2. The van der Waals surface area contributed by atoms with Gasteiger partial charge in [-0.15, -0.1) is 11.8 Å². The summed E-state index contributed by atoms with van der Waals surface area (Å²) in [6.07, 6.45) is 0. The number of rotatable bonds is 5. The molecule has 1 amide bonds. The van der Waals surface area contributed by atoms with E-state index in [0.29, 0.717) is 17.0 Å². The van der Waals surface area contributed by atoms with Crippen LogP contribution in [-0.4, -0.2) is 17.4 Å². The Kier molecular flexibility index (Phi) is 5.39. The fraction of sp³-hybridized carbons (Fsp3) is 0.222. The Labute approximate surface area is 135 Å².